The van der Waals surface area contributed by atoms with Gasteiger partial charge in [-0.2, -0.15) is 0 Å². The van der Waals surface area contributed by atoms with Gasteiger partial charge in [0.1, 0.15) is 17.2 Å². The second kappa shape index (κ2) is 6.45. The van der Waals surface area contributed by atoms with Gasteiger partial charge in [-0.3, -0.25) is 9.59 Å². The summed E-state index contributed by atoms with van der Waals surface area (Å²) in [5.74, 6) is -2.50. The SMILES string of the molecule is NCCCCNc1ccc(O)c2c1C(=O)c1c(O)ccc(O)c1C2=O. The van der Waals surface area contributed by atoms with Gasteiger partial charge in [0.15, 0.2) is 0 Å². The number of ketones is 2. The number of hydrogen-bond donors (Lipinski definition) is 5. The largest absolute Gasteiger partial charge is 0.507 e. The number of rotatable bonds is 5. The molecule has 25 heavy (non-hydrogen) atoms. The maximum atomic E-state index is 12.9. The summed E-state index contributed by atoms with van der Waals surface area (Å²) in [4.78, 5) is 25.6. The van der Waals surface area contributed by atoms with Crippen molar-refractivity contribution in [3.63, 3.8) is 0 Å². The van der Waals surface area contributed by atoms with E-state index in [4.69, 9.17) is 5.73 Å². The Bertz CT molecular complexity index is 876. The third kappa shape index (κ3) is 2.68. The maximum Gasteiger partial charge on any atom is 0.202 e. The van der Waals surface area contributed by atoms with Crippen LogP contribution in [0.2, 0.25) is 0 Å². The van der Waals surface area contributed by atoms with Crippen LogP contribution in [0.1, 0.15) is 44.7 Å². The molecule has 6 N–H and O–H groups in total. The highest BCUT2D eigenvalue weighted by molar-refractivity contribution is 6.32. The molecule has 1 aliphatic rings. The van der Waals surface area contributed by atoms with Gasteiger partial charge in [0.25, 0.3) is 0 Å². The van der Waals surface area contributed by atoms with E-state index in [2.05, 4.69) is 5.32 Å². The molecular formula is C18H18N2O5. The van der Waals surface area contributed by atoms with Crippen LogP contribution in [-0.4, -0.2) is 40.0 Å². The zero-order chi connectivity index (χ0) is 18.1. The highest BCUT2D eigenvalue weighted by Crippen LogP contribution is 2.42. The molecule has 2 aromatic rings. The van der Waals surface area contributed by atoms with Crippen LogP contribution in [0, 0.1) is 0 Å². The van der Waals surface area contributed by atoms with Crippen LogP contribution in [0.15, 0.2) is 24.3 Å². The minimum Gasteiger partial charge on any atom is -0.507 e. The number of carbonyl (C=O) groups excluding carboxylic acids is 2. The minimum absolute atomic E-state index is 0.00820. The number of phenolic OH excluding ortho intramolecular Hbond substituents is 3. The maximum absolute atomic E-state index is 12.9. The van der Waals surface area contributed by atoms with Gasteiger partial charge in [0.2, 0.25) is 11.6 Å². The van der Waals surface area contributed by atoms with Crippen LogP contribution in [0.5, 0.6) is 17.2 Å². The molecule has 130 valence electrons. The van der Waals surface area contributed by atoms with Crippen molar-refractivity contribution in [3.05, 3.63) is 46.5 Å². The predicted molar refractivity (Wildman–Crippen MR) is 91.5 cm³/mol. The van der Waals surface area contributed by atoms with Crippen LogP contribution in [0.3, 0.4) is 0 Å². The molecule has 0 unspecified atom stereocenters. The lowest BCUT2D eigenvalue weighted by Gasteiger charge is -2.22. The van der Waals surface area contributed by atoms with Crippen molar-refractivity contribution in [3.8, 4) is 17.2 Å². The predicted octanol–water partition coefficient (Wildman–Crippen LogP) is 1.73. The van der Waals surface area contributed by atoms with Gasteiger partial charge in [0, 0.05) is 12.2 Å². The average Bonchev–Trinajstić information content (AvgIpc) is 2.59. The summed E-state index contributed by atoms with van der Waals surface area (Å²) in [5, 5.41) is 33.2. The fraction of sp³-hybridized carbons (Fsp3) is 0.222. The van der Waals surface area contributed by atoms with E-state index < -0.39 is 23.1 Å². The number of aromatic hydroxyl groups is 3. The highest BCUT2D eigenvalue weighted by atomic mass is 16.3. The molecule has 2 aromatic carbocycles. The monoisotopic (exact) mass is 342 g/mol. The van der Waals surface area contributed by atoms with Crippen LogP contribution in [-0.2, 0) is 0 Å². The first kappa shape index (κ1) is 16.8. The van der Waals surface area contributed by atoms with E-state index in [9.17, 15) is 24.9 Å². The Labute approximate surface area is 143 Å². The van der Waals surface area contributed by atoms with Crippen molar-refractivity contribution in [2.24, 2.45) is 5.73 Å². The van der Waals surface area contributed by atoms with Crippen molar-refractivity contribution in [2.45, 2.75) is 12.8 Å². The third-order valence-electron chi connectivity index (χ3n) is 4.20. The van der Waals surface area contributed by atoms with Crippen molar-refractivity contribution in [1.29, 1.82) is 0 Å². The molecule has 7 heteroatoms. The Morgan fingerprint density at radius 1 is 0.760 bits per heavy atom. The molecule has 0 saturated carbocycles. The van der Waals surface area contributed by atoms with Crippen LogP contribution in [0.4, 0.5) is 5.69 Å². The summed E-state index contributed by atoms with van der Waals surface area (Å²) < 4.78 is 0. The number of anilines is 1. The molecule has 0 heterocycles. The highest BCUT2D eigenvalue weighted by Gasteiger charge is 2.37. The Balaban J connectivity index is 2.13. The molecule has 0 spiro atoms. The second-order valence-electron chi connectivity index (χ2n) is 5.82. The first-order valence-corrected chi connectivity index (χ1v) is 7.91. The normalized spacial score (nSPS) is 12.7. The summed E-state index contributed by atoms with van der Waals surface area (Å²) in [7, 11) is 0. The van der Waals surface area contributed by atoms with Gasteiger partial charge >= 0.3 is 0 Å². The van der Waals surface area contributed by atoms with Gasteiger partial charge in [-0.25, -0.2) is 0 Å². The molecular weight excluding hydrogens is 324 g/mol. The zero-order valence-corrected chi connectivity index (χ0v) is 13.4. The summed E-state index contributed by atoms with van der Waals surface area (Å²) in [6, 6.07) is 5.12. The van der Waals surface area contributed by atoms with Gasteiger partial charge in [0.05, 0.1) is 22.3 Å². The molecule has 0 amide bonds. The standard InChI is InChI=1S/C18H18N2O5/c19-7-1-2-8-20-9-3-4-10(21)14-13(9)17(24)15-11(22)5-6-12(23)16(15)18(14)25/h3-6,20-23H,1-2,7-8,19H2. The van der Waals surface area contributed by atoms with E-state index in [-0.39, 0.29) is 28.0 Å². The molecule has 1 aliphatic carbocycles. The topological polar surface area (TPSA) is 133 Å². The van der Waals surface area contributed by atoms with E-state index in [1.807, 2.05) is 0 Å². The summed E-state index contributed by atoms with van der Waals surface area (Å²) in [5.41, 5.74) is 5.10. The van der Waals surface area contributed by atoms with Gasteiger partial charge in [-0.1, -0.05) is 0 Å². The Morgan fingerprint density at radius 3 is 1.80 bits per heavy atom. The molecule has 0 fully saturated rings. The molecule has 0 bridgehead atoms. The van der Waals surface area contributed by atoms with E-state index in [1.165, 1.54) is 12.1 Å². The summed E-state index contributed by atoms with van der Waals surface area (Å²) >= 11 is 0. The fourth-order valence-corrected chi connectivity index (χ4v) is 2.99. The summed E-state index contributed by atoms with van der Waals surface area (Å²) in [6.45, 7) is 1.09. The van der Waals surface area contributed by atoms with Crippen molar-refractivity contribution in [1.82, 2.24) is 0 Å². The average molecular weight is 342 g/mol. The lowest BCUT2D eigenvalue weighted by molar-refractivity contribution is 0.0972. The number of carbonyl (C=O) groups is 2. The lowest BCUT2D eigenvalue weighted by atomic mass is 9.81. The van der Waals surface area contributed by atoms with Gasteiger partial charge in [-0.05, 0) is 43.7 Å². The smallest absolute Gasteiger partial charge is 0.202 e. The zero-order valence-electron chi connectivity index (χ0n) is 13.4. The van der Waals surface area contributed by atoms with Gasteiger partial charge in [-0.15, -0.1) is 0 Å². The van der Waals surface area contributed by atoms with Crippen molar-refractivity contribution >= 4 is 17.3 Å². The Hall–Kier alpha value is -3.06. The third-order valence-corrected chi connectivity index (χ3v) is 4.20. The molecule has 0 aliphatic heterocycles. The lowest BCUT2D eigenvalue weighted by Crippen LogP contribution is -2.23. The number of benzene rings is 2. The first-order valence-electron chi connectivity index (χ1n) is 7.91. The van der Waals surface area contributed by atoms with Crippen molar-refractivity contribution < 1.29 is 24.9 Å². The van der Waals surface area contributed by atoms with Gasteiger partial charge < -0.3 is 26.4 Å². The van der Waals surface area contributed by atoms with E-state index in [0.29, 0.717) is 18.8 Å². The number of nitrogens with one attached hydrogen (secondary N) is 1. The Morgan fingerprint density at radius 2 is 1.24 bits per heavy atom. The number of fused-ring (bicyclic) bond motifs is 2. The molecule has 0 atom stereocenters. The molecule has 0 saturated heterocycles. The quantitative estimate of drug-likeness (QED) is 0.352. The van der Waals surface area contributed by atoms with Crippen molar-refractivity contribution in [2.75, 3.05) is 18.4 Å². The number of hydrogen-bond acceptors (Lipinski definition) is 7. The number of nitrogens with two attached hydrogens (primary N) is 1. The van der Waals surface area contributed by atoms with Crippen LogP contribution < -0.4 is 11.1 Å². The van der Waals surface area contributed by atoms with Crippen LogP contribution in [0.25, 0.3) is 0 Å². The first-order chi connectivity index (χ1) is 12.0. The number of unbranched alkanes of at least 4 members (excludes halogenated alkanes) is 1. The fourth-order valence-electron chi connectivity index (χ4n) is 2.99. The van der Waals surface area contributed by atoms with E-state index >= 15 is 0 Å². The number of phenols is 3. The minimum atomic E-state index is -0.707. The second-order valence-corrected chi connectivity index (χ2v) is 5.82. The van der Waals surface area contributed by atoms with Crippen LogP contribution >= 0.6 is 0 Å². The molecule has 3 rings (SSSR count). The van der Waals surface area contributed by atoms with E-state index in [1.54, 1.807) is 0 Å². The molecule has 0 aromatic heterocycles. The molecule has 7 nitrogen and oxygen atoms in total. The van der Waals surface area contributed by atoms with E-state index in [0.717, 1.165) is 25.0 Å². The summed E-state index contributed by atoms with van der Waals surface area (Å²) in [6.07, 6.45) is 1.58. The Kier molecular flexibility index (Phi) is 4.33. The molecule has 0 radical (unpaired) electrons.